The van der Waals surface area contributed by atoms with Crippen molar-refractivity contribution in [3.05, 3.63) is 72.7 Å². The van der Waals surface area contributed by atoms with Gasteiger partial charge in [0.1, 0.15) is 6.54 Å². The van der Waals surface area contributed by atoms with Crippen molar-refractivity contribution in [2.45, 2.75) is 6.54 Å². The van der Waals surface area contributed by atoms with Gasteiger partial charge in [-0.25, -0.2) is 9.78 Å². The minimum Gasteiger partial charge on any atom is -0.465 e. The van der Waals surface area contributed by atoms with E-state index in [2.05, 4.69) is 4.98 Å². The summed E-state index contributed by atoms with van der Waals surface area (Å²) in [6.45, 7) is -0.239. The van der Waals surface area contributed by atoms with E-state index in [0.29, 0.717) is 0 Å². The predicted molar refractivity (Wildman–Crippen MR) is 96.6 cm³/mol. The summed E-state index contributed by atoms with van der Waals surface area (Å²) in [6, 6.07) is 17.2. The first-order chi connectivity index (χ1) is 12.5. The zero-order valence-electron chi connectivity index (χ0n) is 13.9. The van der Waals surface area contributed by atoms with Crippen LogP contribution in [-0.4, -0.2) is 38.1 Å². The molecule has 0 spiro atoms. The van der Waals surface area contributed by atoms with Crippen LogP contribution in [0.3, 0.4) is 0 Å². The number of nitrogens with zero attached hydrogens (tertiary/aromatic N) is 3. The Bertz CT molecular complexity index is 904. The molecule has 7 heteroatoms. The number of primary amides is 1. The molecule has 0 aliphatic carbocycles. The molecule has 0 bridgehead atoms. The maximum Gasteiger partial charge on any atom is 0.408 e. The third-order valence-electron chi connectivity index (χ3n) is 3.88. The highest BCUT2D eigenvalue weighted by atomic mass is 16.4. The molecular formula is C19H18N4O3. The molecule has 7 nitrogen and oxygen atoms in total. The number of hydrogen-bond donors (Lipinski definition) is 2. The summed E-state index contributed by atoms with van der Waals surface area (Å²) in [7, 11) is 0. The van der Waals surface area contributed by atoms with Crippen molar-refractivity contribution in [1.82, 2.24) is 14.5 Å². The van der Waals surface area contributed by atoms with Crippen LogP contribution in [0.1, 0.15) is 5.56 Å². The van der Waals surface area contributed by atoms with E-state index < -0.39 is 12.0 Å². The van der Waals surface area contributed by atoms with Crippen molar-refractivity contribution in [2.75, 3.05) is 6.54 Å². The van der Waals surface area contributed by atoms with Gasteiger partial charge in [0.05, 0.1) is 12.0 Å². The van der Waals surface area contributed by atoms with Gasteiger partial charge in [0.15, 0.2) is 0 Å². The average molecular weight is 350 g/mol. The van der Waals surface area contributed by atoms with Crippen molar-refractivity contribution < 1.29 is 14.7 Å². The third-order valence-corrected chi connectivity index (χ3v) is 3.88. The van der Waals surface area contributed by atoms with Gasteiger partial charge in [0, 0.05) is 24.0 Å². The van der Waals surface area contributed by atoms with Gasteiger partial charge >= 0.3 is 6.09 Å². The monoisotopic (exact) mass is 350 g/mol. The first kappa shape index (κ1) is 17.2. The van der Waals surface area contributed by atoms with E-state index in [1.807, 2.05) is 65.4 Å². The van der Waals surface area contributed by atoms with Gasteiger partial charge in [0.2, 0.25) is 5.91 Å². The highest BCUT2D eigenvalue weighted by Gasteiger charge is 2.14. The van der Waals surface area contributed by atoms with Crippen LogP contribution in [0.2, 0.25) is 0 Å². The summed E-state index contributed by atoms with van der Waals surface area (Å²) < 4.78 is 1.89. The number of carbonyl (C=O) groups excluding carboxylic acids is 1. The molecule has 3 rings (SSSR count). The molecule has 26 heavy (non-hydrogen) atoms. The topological polar surface area (TPSA) is 101 Å². The zero-order valence-corrected chi connectivity index (χ0v) is 13.9. The molecule has 0 radical (unpaired) electrons. The van der Waals surface area contributed by atoms with Gasteiger partial charge in [-0.15, -0.1) is 0 Å². The van der Waals surface area contributed by atoms with E-state index in [1.165, 1.54) is 0 Å². The number of carbonyl (C=O) groups is 2. The maximum absolute atomic E-state index is 11.2. The van der Waals surface area contributed by atoms with Crippen LogP contribution in [0.5, 0.6) is 0 Å². The summed E-state index contributed by atoms with van der Waals surface area (Å²) in [5.41, 5.74) is 8.65. The fourth-order valence-corrected chi connectivity index (χ4v) is 2.60. The van der Waals surface area contributed by atoms with Crippen LogP contribution in [0.15, 0.2) is 67.1 Å². The minimum atomic E-state index is -1.19. The minimum absolute atomic E-state index is 0.0950. The van der Waals surface area contributed by atoms with Crippen molar-refractivity contribution in [3.63, 3.8) is 0 Å². The van der Waals surface area contributed by atoms with Gasteiger partial charge in [-0.2, -0.15) is 0 Å². The van der Waals surface area contributed by atoms with Crippen molar-refractivity contribution in [1.29, 1.82) is 0 Å². The second-order valence-corrected chi connectivity index (χ2v) is 5.80. The molecule has 1 heterocycles. The number of imidazole rings is 1. The Kier molecular flexibility index (Phi) is 4.98. The Hall–Kier alpha value is -3.61. The zero-order chi connectivity index (χ0) is 18.5. The molecule has 132 valence electrons. The molecular weight excluding hydrogens is 332 g/mol. The maximum atomic E-state index is 11.2. The van der Waals surface area contributed by atoms with Crippen molar-refractivity contribution in [2.24, 2.45) is 5.73 Å². The van der Waals surface area contributed by atoms with Crippen LogP contribution in [0.4, 0.5) is 4.79 Å². The summed E-state index contributed by atoms with van der Waals surface area (Å²) in [6.07, 6.45) is 2.48. The number of aromatic nitrogens is 2. The van der Waals surface area contributed by atoms with Crippen LogP contribution in [0, 0.1) is 0 Å². The number of benzene rings is 2. The molecule has 2 amide bonds. The Labute approximate surface area is 150 Å². The lowest BCUT2D eigenvalue weighted by Crippen LogP contribution is -2.36. The SMILES string of the molecule is NC(=O)CN(Cc1ccc(-n2cnc(-c3ccccc3)c2)cc1)C(=O)O. The van der Waals surface area contributed by atoms with Gasteiger partial charge in [-0.3, -0.25) is 9.69 Å². The first-order valence-electron chi connectivity index (χ1n) is 7.98. The van der Waals surface area contributed by atoms with E-state index in [-0.39, 0.29) is 13.1 Å². The van der Waals surface area contributed by atoms with Gasteiger partial charge in [-0.1, -0.05) is 42.5 Å². The van der Waals surface area contributed by atoms with Crippen LogP contribution in [-0.2, 0) is 11.3 Å². The number of hydrogen-bond acceptors (Lipinski definition) is 3. The van der Waals surface area contributed by atoms with Crippen LogP contribution < -0.4 is 5.73 Å². The molecule has 3 N–H and O–H groups in total. The lowest BCUT2D eigenvalue weighted by atomic mass is 10.2. The van der Waals surface area contributed by atoms with Crippen molar-refractivity contribution in [3.8, 4) is 16.9 Å². The van der Waals surface area contributed by atoms with Crippen LogP contribution >= 0.6 is 0 Å². The second-order valence-electron chi connectivity index (χ2n) is 5.80. The summed E-state index contributed by atoms with van der Waals surface area (Å²) in [4.78, 5) is 27.5. The molecule has 0 fully saturated rings. The van der Waals surface area contributed by atoms with E-state index in [4.69, 9.17) is 10.8 Å². The Balaban J connectivity index is 1.74. The smallest absolute Gasteiger partial charge is 0.408 e. The molecule has 0 aliphatic rings. The summed E-state index contributed by atoms with van der Waals surface area (Å²) in [5.74, 6) is -0.684. The third kappa shape index (κ3) is 4.07. The summed E-state index contributed by atoms with van der Waals surface area (Å²) in [5, 5.41) is 9.13. The van der Waals surface area contributed by atoms with E-state index in [1.54, 1.807) is 6.33 Å². The number of amides is 2. The predicted octanol–water partition coefficient (Wildman–Crippen LogP) is 2.50. The number of rotatable bonds is 6. The lowest BCUT2D eigenvalue weighted by Gasteiger charge is -2.17. The molecule has 0 saturated heterocycles. The number of carboxylic acid groups (broad SMARTS) is 1. The Morgan fingerprint density at radius 3 is 2.38 bits per heavy atom. The van der Waals surface area contributed by atoms with Crippen LogP contribution in [0.25, 0.3) is 16.9 Å². The molecule has 3 aromatic rings. The molecule has 2 aromatic carbocycles. The molecule has 0 unspecified atom stereocenters. The fraction of sp³-hybridized carbons (Fsp3) is 0.105. The van der Waals surface area contributed by atoms with Gasteiger partial charge in [-0.05, 0) is 17.7 Å². The van der Waals surface area contributed by atoms with Gasteiger partial charge in [0.25, 0.3) is 0 Å². The molecule has 0 saturated carbocycles. The fourth-order valence-electron chi connectivity index (χ4n) is 2.60. The average Bonchev–Trinajstić information content (AvgIpc) is 3.12. The lowest BCUT2D eigenvalue weighted by molar-refractivity contribution is -0.118. The highest BCUT2D eigenvalue weighted by molar-refractivity contribution is 5.80. The highest BCUT2D eigenvalue weighted by Crippen LogP contribution is 2.19. The largest absolute Gasteiger partial charge is 0.465 e. The number of nitrogens with two attached hydrogens (primary N) is 1. The summed E-state index contributed by atoms with van der Waals surface area (Å²) >= 11 is 0. The molecule has 0 aliphatic heterocycles. The second kappa shape index (κ2) is 7.52. The molecule has 0 atom stereocenters. The Morgan fingerprint density at radius 2 is 1.77 bits per heavy atom. The molecule has 1 aromatic heterocycles. The van der Waals surface area contributed by atoms with E-state index >= 15 is 0 Å². The first-order valence-corrected chi connectivity index (χ1v) is 7.98. The van der Waals surface area contributed by atoms with Gasteiger partial charge < -0.3 is 15.4 Å². The Morgan fingerprint density at radius 1 is 1.08 bits per heavy atom. The normalized spacial score (nSPS) is 10.5. The van der Waals surface area contributed by atoms with E-state index in [0.717, 1.165) is 27.4 Å². The quantitative estimate of drug-likeness (QED) is 0.713. The standard InChI is InChI=1S/C19H18N4O3/c20-18(24)12-22(19(25)26)10-14-6-8-16(9-7-14)23-11-17(21-13-23)15-4-2-1-3-5-15/h1-9,11,13H,10,12H2,(H2,20,24)(H,25,26). The van der Waals surface area contributed by atoms with Crippen molar-refractivity contribution >= 4 is 12.0 Å². The van der Waals surface area contributed by atoms with E-state index in [9.17, 15) is 9.59 Å².